The maximum atomic E-state index is 12.1. The molecular formula is C17H15BrN4OS. The third-order valence-corrected chi connectivity index (χ3v) is 5.07. The third kappa shape index (κ3) is 3.98. The number of hydrazone groups is 1. The van der Waals surface area contributed by atoms with E-state index in [1.807, 2.05) is 36.4 Å². The zero-order valence-corrected chi connectivity index (χ0v) is 15.3. The summed E-state index contributed by atoms with van der Waals surface area (Å²) in [5.74, 6) is -0.352. The van der Waals surface area contributed by atoms with Crippen molar-refractivity contribution in [2.24, 2.45) is 5.10 Å². The molecule has 24 heavy (non-hydrogen) atoms. The molecule has 0 bridgehead atoms. The van der Waals surface area contributed by atoms with E-state index in [0.29, 0.717) is 5.69 Å². The lowest BCUT2D eigenvalue weighted by Crippen LogP contribution is -2.17. The summed E-state index contributed by atoms with van der Waals surface area (Å²) in [7, 11) is 0. The van der Waals surface area contributed by atoms with Gasteiger partial charge in [-0.3, -0.25) is 9.89 Å². The zero-order valence-electron chi connectivity index (χ0n) is 12.9. The lowest BCUT2D eigenvalue weighted by Gasteiger charge is -1.97. The smallest absolute Gasteiger partial charge is 0.276 e. The number of aromatic amines is 1. The molecule has 0 aliphatic rings. The van der Waals surface area contributed by atoms with Crippen molar-refractivity contribution >= 4 is 39.4 Å². The maximum absolute atomic E-state index is 12.1. The van der Waals surface area contributed by atoms with E-state index in [9.17, 15) is 4.79 Å². The number of aromatic nitrogens is 2. The predicted molar refractivity (Wildman–Crippen MR) is 100 cm³/mol. The Labute approximate surface area is 151 Å². The van der Waals surface area contributed by atoms with Crippen LogP contribution in [0.2, 0.25) is 0 Å². The molecule has 0 saturated heterocycles. The van der Waals surface area contributed by atoms with Gasteiger partial charge < -0.3 is 0 Å². The van der Waals surface area contributed by atoms with Crippen molar-refractivity contribution in [3.05, 3.63) is 63.1 Å². The number of halogens is 1. The molecule has 3 rings (SSSR count). The van der Waals surface area contributed by atoms with Crippen LogP contribution in [0, 0.1) is 0 Å². The second-order valence-corrected chi connectivity index (χ2v) is 7.53. The van der Waals surface area contributed by atoms with E-state index in [1.54, 1.807) is 23.6 Å². The van der Waals surface area contributed by atoms with Crippen LogP contribution in [-0.4, -0.2) is 22.3 Å². The molecule has 0 aliphatic carbocycles. The molecule has 2 aromatic heterocycles. The number of aryl methyl sites for hydroxylation is 1. The number of thiophene rings is 1. The highest BCUT2D eigenvalue weighted by Gasteiger charge is 2.11. The predicted octanol–water partition coefficient (Wildman–Crippen LogP) is 4.23. The van der Waals surface area contributed by atoms with Gasteiger partial charge in [0.25, 0.3) is 5.91 Å². The first-order valence-corrected chi connectivity index (χ1v) is 9.00. The van der Waals surface area contributed by atoms with Gasteiger partial charge in [-0.2, -0.15) is 10.2 Å². The first-order valence-electron chi connectivity index (χ1n) is 7.39. The van der Waals surface area contributed by atoms with E-state index < -0.39 is 0 Å². The molecule has 0 aliphatic heterocycles. The fourth-order valence-corrected chi connectivity index (χ4v) is 3.44. The monoisotopic (exact) mass is 402 g/mol. The van der Waals surface area contributed by atoms with Crippen molar-refractivity contribution in [3.63, 3.8) is 0 Å². The van der Waals surface area contributed by atoms with Crippen molar-refractivity contribution in [1.82, 2.24) is 15.6 Å². The average molecular weight is 403 g/mol. The van der Waals surface area contributed by atoms with E-state index >= 15 is 0 Å². The number of amides is 1. The van der Waals surface area contributed by atoms with Crippen LogP contribution in [-0.2, 0) is 6.42 Å². The zero-order chi connectivity index (χ0) is 16.9. The molecular weight excluding hydrogens is 388 g/mol. The Balaban J connectivity index is 1.62. The Hall–Kier alpha value is -2.25. The molecule has 0 fully saturated rings. The van der Waals surface area contributed by atoms with Gasteiger partial charge in [-0.15, -0.1) is 11.3 Å². The number of benzene rings is 1. The van der Waals surface area contributed by atoms with Crippen LogP contribution in [0.5, 0.6) is 0 Å². The van der Waals surface area contributed by atoms with Crippen LogP contribution in [0.1, 0.15) is 28.5 Å². The number of H-pyrrole nitrogens is 1. The number of nitrogens with zero attached hydrogens (tertiary/aromatic N) is 2. The van der Waals surface area contributed by atoms with Gasteiger partial charge >= 0.3 is 0 Å². The Morgan fingerprint density at radius 2 is 2.12 bits per heavy atom. The SMILES string of the molecule is CCc1ccc(C=NNC(=O)c2cc(-c3ccc(Br)s3)[nH]n2)cc1. The average Bonchev–Trinajstić information content (AvgIpc) is 3.24. The van der Waals surface area contributed by atoms with Crippen LogP contribution in [0.15, 0.2) is 51.4 Å². The van der Waals surface area contributed by atoms with Gasteiger partial charge in [0.05, 0.1) is 20.6 Å². The van der Waals surface area contributed by atoms with Crippen molar-refractivity contribution in [3.8, 4) is 10.6 Å². The standard InChI is InChI=1S/C17H15BrN4OS/c1-2-11-3-5-12(6-4-11)10-19-22-17(23)14-9-13(20-21-14)15-7-8-16(18)24-15/h3-10H,2H2,1H3,(H,20,21)(H,22,23). The van der Waals surface area contributed by atoms with Crippen molar-refractivity contribution in [1.29, 1.82) is 0 Å². The van der Waals surface area contributed by atoms with Crippen LogP contribution >= 0.6 is 27.3 Å². The second kappa shape index (κ2) is 7.55. The van der Waals surface area contributed by atoms with E-state index in [-0.39, 0.29) is 5.91 Å². The van der Waals surface area contributed by atoms with Gasteiger partial charge in [-0.05, 0) is 51.7 Å². The number of carbonyl (C=O) groups excluding carboxylic acids is 1. The summed E-state index contributed by atoms with van der Waals surface area (Å²) in [5, 5.41) is 10.9. The highest BCUT2D eigenvalue weighted by molar-refractivity contribution is 9.11. The summed E-state index contributed by atoms with van der Waals surface area (Å²) in [5.41, 5.74) is 5.78. The van der Waals surface area contributed by atoms with Crippen LogP contribution < -0.4 is 5.43 Å². The molecule has 0 spiro atoms. The molecule has 1 amide bonds. The van der Waals surface area contributed by atoms with E-state index in [4.69, 9.17) is 0 Å². The largest absolute Gasteiger partial charge is 0.291 e. The molecule has 122 valence electrons. The minimum absolute atomic E-state index is 0.299. The van der Waals surface area contributed by atoms with Gasteiger partial charge in [-0.25, -0.2) is 5.43 Å². The topological polar surface area (TPSA) is 70.1 Å². The lowest BCUT2D eigenvalue weighted by atomic mass is 10.1. The number of carbonyl (C=O) groups is 1. The molecule has 2 heterocycles. The highest BCUT2D eigenvalue weighted by Crippen LogP contribution is 2.30. The van der Waals surface area contributed by atoms with Crippen molar-refractivity contribution in [2.45, 2.75) is 13.3 Å². The Bertz CT molecular complexity index is 867. The fourth-order valence-electron chi connectivity index (χ4n) is 2.09. The number of rotatable bonds is 5. The number of nitrogens with one attached hydrogen (secondary N) is 2. The third-order valence-electron chi connectivity index (χ3n) is 3.42. The Morgan fingerprint density at radius 1 is 1.33 bits per heavy atom. The Kier molecular flexibility index (Phi) is 5.22. The molecule has 0 unspecified atom stereocenters. The van der Waals surface area contributed by atoms with Crippen molar-refractivity contribution in [2.75, 3.05) is 0 Å². The second-order valence-electron chi connectivity index (χ2n) is 5.06. The summed E-state index contributed by atoms with van der Waals surface area (Å²) in [6, 6.07) is 13.6. The number of hydrogen-bond donors (Lipinski definition) is 2. The van der Waals surface area contributed by atoms with Gasteiger partial charge in [0.2, 0.25) is 0 Å². The van der Waals surface area contributed by atoms with E-state index in [0.717, 1.165) is 26.3 Å². The molecule has 5 nitrogen and oxygen atoms in total. The summed E-state index contributed by atoms with van der Waals surface area (Å²) < 4.78 is 1.02. The number of hydrogen-bond acceptors (Lipinski definition) is 4. The summed E-state index contributed by atoms with van der Waals surface area (Å²) >= 11 is 4.98. The first-order chi connectivity index (χ1) is 11.7. The molecule has 2 N–H and O–H groups in total. The van der Waals surface area contributed by atoms with Gasteiger partial charge in [0.15, 0.2) is 5.69 Å². The van der Waals surface area contributed by atoms with Crippen molar-refractivity contribution < 1.29 is 4.79 Å². The molecule has 0 atom stereocenters. The lowest BCUT2D eigenvalue weighted by molar-refractivity contribution is 0.0950. The van der Waals surface area contributed by atoms with E-state index in [2.05, 4.69) is 43.6 Å². The van der Waals surface area contributed by atoms with Gasteiger partial charge in [0, 0.05) is 0 Å². The minimum atomic E-state index is -0.352. The van der Waals surface area contributed by atoms with Crippen LogP contribution in [0.4, 0.5) is 0 Å². The van der Waals surface area contributed by atoms with Crippen LogP contribution in [0.25, 0.3) is 10.6 Å². The quantitative estimate of drug-likeness (QED) is 0.495. The molecule has 0 radical (unpaired) electrons. The highest BCUT2D eigenvalue weighted by atomic mass is 79.9. The fraction of sp³-hybridized carbons (Fsp3) is 0.118. The van der Waals surface area contributed by atoms with Gasteiger partial charge in [-0.1, -0.05) is 31.2 Å². The summed E-state index contributed by atoms with van der Waals surface area (Å²) in [6.07, 6.45) is 2.61. The normalized spacial score (nSPS) is 11.1. The molecule has 1 aromatic carbocycles. The van der Waals surface area contributed by atoms with E-state index in [1.165, 1.54) is 5.56 Å². The minimum Gasteiger partial charge on any atom is -0.276 e. The first kappa shape index (κ1) is 16.6. The summed E-state index contributed by atoms with van der Waals surface area (Å²) in [6.45, 7) is 2.11. The summed E-state index contributed by atoms with van der Waals surface area (Å²) in [4.78, 5) is 13.1. The molecule has 7 heteroatoms. The molecule has 0 saturated carbocycles. The Morgan fingerprint density at radius 3 is 2.79 bits per heavy atom. The molecule has 3 aromatic rings. The van der Waals surface area contributed by atoms with Gasteiger partial charge in [0.1, 0.15) is 0 Å². The van der Waals surface area contributed by atoms with Crippen LogP contribution in [0.3, 0.4) is 0 Å². The maximum Gasteiger partial charge on any atom is 0.291 e.